The van der Waals surface area contributed by atoms with Crippen molar-refractivity contribution < 1.29 is 4.79 Å². The SMILES string of the molecule is CC1=C2C(=O)C[C@@H](c3cccc(C)c3)CC2=Nc2ccccc2N1. The van der Waals surface area contributed by atoms with Crippen LogP contribution in [0.5, 0.6) is 0 Å². The Labute approximate surface area is 142 Å². The van der Waals surface area contributed by atoms with E-state index in [0.717, 1.165) is 34.8 Å². The average molecular weight is 316 g/mol. The molecule has 1 fully saturated rings. The van der Waals surface area contributed by atoms with Gasteiger partial charge in [-0.15, -0.1) is 0 Å². The van der Waals surface area contributed by atoms with Crippen molar-refractivity contribution >= 4 is 22.9 Å². The van der Waals surface area contributed by atoms with Gasteiger partial charge in [0.25, 0.3) is 0 Å². The van der Waals surface area contributed by atoms with Crippen molar-refractivity contribution in [3.05, 3.63) is 70.9 Å². The minimum Gasteiger partial charge on any atom is -0.357 e. The van der Waals surface area contributed by atoms with E-state index in [1.54, 1.807) is 0 Å². The third-order valence-corrected chi connectivity index (χ3v) is 4.81. The molecule has 2 aromatic rings. The van der Waals surface area contributed by atoms with Gasteiger partial charge in [0.05, 0.1) is 22.7 Å². The normalized spacial score (nSPS) is 19.8. The smallest absolute Gasteiger partial charge is 0.167 e. The zero-order chi connectivity index (χ0) is 16.7. The van der Waals surface area contributed by atoms with Crippen LogP contribution in [-0.4, -0.2) is 11.5 Å². The van der Waals surface area contributed by atoms with Gasteiger partial charge in [-0.2, -0.15) is 0 Å². The van der Waals surface area contributed by atoms with Crippen LogP contribution in [0.2, 0.25) is 0 Å². The minimum atomic E-state index is 0.185. The van der Waals surface area contributed by atoms with E-state index in [9.17, 15) is 4.79 Å². The van der Waals surface area contributed by atoms with E-state index in [1.165, 1.54) is 11.1 Å². The van der Waals surface area contributed by atoms with Crippen LogP contribution in [-0.2, 0) is 4.79 Å². The maximum atomic E-state index is 12.8. The summed E-state index contributed by atoms with van der Waals surface area (Å²) in [6.45, 7) is 4.06. The van der Waals surface area contributed by atoms with Gasteiger partial charge in [0, 0.05) is 12.1 Å². The Morgan fingerprint density at radius 2 is 1.88 bits per heavy atom. The summed E-state index contributed by atoms with van der Waals surface area (Å²) >= 11 is 0. The third kappa shape index (κ3) is 2.56. The summed E-state index contributed by atoms with van der Waals surface area (Å²) in [4.78, 5) is 17.7. The summed E-state index contributed by atoms with van der Waals surface area (Å²) < 4.78 is 0. The van der Waals surface area contributed by atoms with Crippen molar-refractivity contribution in [1.82, 2.24) is 0 Å². The fraction of sp³-hybridized carbons (Fsp3) is 0.238. The molecule has 3 heteroatoms. The van der Waals surface area contributed by atoms with Crippen molar-refractivity contribution in [2.75, 3.05) is 5.32 Å². The Morgan fingerprint density at radius 1 is 1.04 bits per heavy atom. The van der Waals surface area contributed by atoms with E-state index < -0.39 is 0 Å². The first-order chi connectivity index (χ1) is 11.6. The Hall–Kier alpha value is -2.68. The van der Waals surface area contributed by atoms with Gasteiger partial charge in [-0.05, 0) is 43.9 Å². The molecule has 1 heterocycles. The van der Waals surface area contributed by atoms with E-state index in [4.69, 9.17) is 4.99 Å². The van der Waals surface area contributed by atoms with E-state index in [-0.39, 0.29) is 11.7 Å². The van der Waals surface area contributed by atoms with Crippen molar-refractivity contribution in [2.24, 2.45) is 4.99 Å². The summed E-state index contributed by atoms with van der Waals surface area (Å²) in [5.41, 5.74) is 6.92. The van der Waals surface area contributed by atoms with Gasteiger partial charge in [-0.25, -0.2) is 0 Å². The van der Waals surface area contributed by atoms with Gasteiger partial charge in [0.15, 0.2) is 5.78 Å². The molecule has 3 nitrogen and oxygen atoms in total. The van der Waals surface area contributed by atoms with Gasteiger partial charge in [0.2, 0.25) is 0 Å². The second-order valence-corrected chi connectivity index (χ2v) is 6.64. The first-order valence-electron chi connectivity index (χ1n) is 8.36. The molecule has 0 spiro atoms. The van der Waals surface area contributed by atoms with Crippen LogP contribution in [0.1, 0.15) is 36.8 Å². The number of hydrogen-bond donors (Lipinski definition) is 1. The van der Waals surface area contributed by atoms with Crippen LogP contribution in [0.4, 0.5) is 11.4 Å². The highest BCUT2D eigenvalue weighted by Crippen LogP contribution is 2.38. The van der Waals surface area contributed by atoms with Crippen molar-refractivity contribution in [1.29, 1.82) is 0 Å². The zero-order valence-corrected chi connectivity index (χ0v) is 14.0. The van der Waals surface area contributed by atoms with Crippen LogP contribution in [0.3, 0.4) is 0 Å². The quantitative estimate of drug-likeness (QED) is 0.812. The Bertz CT molecular complexity index is 892. The molecule has 2 aliphatic rings. The second kappa shape index (κ2) is 5.75. The molecule has 0 amide bonds. The number of rotatable bonds is 1. The lowest BCUT2D eigenvalue weighted by Crippen LogP contribution is -2.26. The molecule has 1 saturated carbocycles. The molecule has 0 bridgehead atoms. The number of hydrogen-bond acceptors (Lipinski definition) is 3. The molecule has 24 heavy (non-hydrogen) atoms. The topological polar surface area (TPSA) is 41.5 Å². The number of allylic oxidation sites excluding steroid dienone is 2. The number of fused-ring (bicyclic) bond motifs is 2. The highest BCUT2D eigenvalue weighted by Gasteiger charge is 2.32. The fourth-order valence-corrected chi connectivity index (χ4v) is 3.67. The van der Waals surface area contributed by atoms with Crippen LogP contribution >= 0.6 is 0 Å². The van der Waals surface area contributed by atoms with Crippen LogP contribution in [0.25, 0.3) is 0 Å². The number of nitrogens with one attached hydrogen (secondary N) is 1. The summed E-state index contributed by atoms with van der Waals surface area (Å²) in [5.74, 6) is 0.391. The van der Waals surface area contributed by atoms with Crippen LogP contribution < -0.4 is 5.32 Å². The first kappa shape index (κ1) is 14.9. The lowest BCUT2D eigenvalue weighted by molar-refractivity contribution is -0.115. The highest BCUT2D eigenvalue weighted by atomic mass is 16.1. The summed E-state index contributed by atoms with van der Waals surface area (Å²) in [7, 11) is 0. The zero-order valence-electron chi connectivity index (χ0n) is 14.0. The number of benzene rings is 2. The molecule has 1 N–H and O–H groups in total. The number of aliphatic imine (C=N–C) groups is 1. The summed E-state index contributed by atoms with van der Waals surface area (Å²) in [6, 6.07) is 16.4. The Kier molecular flexibility index (Phi) is 3.57. The molecular weight excluding hydrogens is 296 g/mol. The predicted molar refractivity (Wildman–Crippen MR) is 98.0 cm³/mol. The minimum absolute atomic E-state index is 0.185. The molecular formula is C21H20N2O. The summed E-state index contributed by atoms with van der Waals surface area (Å²) in [5, 5.41) is 3.36. The van der Waals surface area contributed by atoms with Crippen molar-refractivity contribution in [2.45, 2.75) is 32.6 Å². The highest BCUT2D eigenvalue weighted by molar-refractivity contribution is 6.26. The number of aryl methyl sites for hydroxylation is 1. The van der Waals surface area contributed by atoms with E-state index in [1.807, 2.05) is 31.2 Å². The van der Waals surface area contributed by atoms with Gasteiger partial charge < -0.3 is 5.32 Å². The predicted octanol–water partition coefficient (Wildman–Crippen LogP) is 4.91. The van der Waals surface area contributed by atoms with Crippen molar-refractivity contribution in [3.8, 4) is 0 Å². The maximum Gasteiger partial charge on any atom is 0.167 e. The number of Topliss-reactive ketones (excluding diaryl/α,β-unsaturated/α-hetero) is 1. The van der Waals surface area contributed by atoms with Gasteiger partial charge in [-0.3, -0.25) is 9.79 Å². The number of ketones is 1. The molecule has 1 aliphatic carbocycles. The van der Waals surface area contributed by atoms with Gasteiger partial charge >= 0.3 is 0 Å². The lowest BCUT2D eigenvalue weighted by atomic mass is 9.78. The number of carbonyl (C=O) groups excluding carboxylic acids is 1. The number of para-hydroxylation sites is 2. The lowest BCUT2D eigenvalue weighted by Gasteiger charge is -2.25. The standard InChI is InChI=1S/C21H20N2O/c1-13-6-5-7-15(10-13)16-11-19-21(20(24)12-16)14(2)22-17-8-3-4-9-18(17)23-19/h3-10,16,22H,11-12H2,1-2H3/t16-/m0/s1. The molecule has 0 aromatic heterocycles. The van der Waals surface area contributed by atoms with E-state index >= 15 is 0 Å². The van der Waals surface area contributed by atoms with Gasteiger partial charge in [-0.1, -0.05) is 42.0 Å². The Balaban J connectivity index is 1.78. The number of nitrogens with zero attached hydrogens (tertiary/aromatic N) is 1. The molecule has 120 valence electrons. The maximum absolute atomic E-state index is 12.8. The fourth-order valence-electron chi connectivity index (χ4n) is 3.67. The molecule has 0 radical (unpaired) electrons. The van der Waals surface area contributed by atoms with Gasteiger partial charge in [0.1, 0.15) is 0 Å². The molecule has 4 rings (SSSR count). The van der Waals surface area contributed by atoms with Crippen LogP contribution in [0.15, 0.2) is 64.8 Å². The first-order valence-corrected chi connectivity index (χ1v) is 8.36. The summed E-state index contributed by atoms with van der Waals surface area (Å²) in [6.07, 6.45) is 1.35. The van der Waals surface area contributed by atoms with E-state index in [2.05, 4.69) is 36.5 Å². The monoisotopic (exact) mass is 316 g/mol. The Morgan fingerprint density at radius 3 is 2.71 bits per heavy atom. The third-order valence-electron chi connectivity index (χ3n) is 4.81. The largest absolute Gasteiger partial charge is 0.357 e. The average Bonchev–Trinajstić information content (AvgIpc) is 2.70. The van der Waals surface area contributed by atoms with Crippen LogP contribution in [0, 0.1) is 6.92 Å². The van der Waals surface area contributed by atoms with Crippen molar-refractivity contribution in [3.63, 3.8) is 0 Å². The second-order valence-electron chi connectivity index (χ2n) is 6.64. The van der Waals surface area contributed by atoms with E-state index in [0.29, 0.717) is 6.42 Å². The number of anilines is 1. The molecule has 1 aliphatic heterocycles. The molecule has 2 aromatic carbocycles. The molecule has 1 atom stereocenters. The molecule has 0 unspecified atom stereocenters. The molecule has 0 saturated heterocycles. The number of carbonyl (C=O) groups is 1.